The molecule has 0 spiro atoms. The van der Waals surface area contributed by atoms with Crippen molar-refractivity contribution in [2.24, 2.45) is 0 Å². The summed E-state index contributed by atoms with van der Waals surface area (Å²) >= 11 is 0. The van der Waals surface area contributed by atoms with Gasteiger partial charge in [-0.05, 0) is 58.3 Å². The van der Waals surface area contributed by atoms with Gasteiger partial charge in [0.05, 0.1) is 38.0 Å². The van der Waals surface area contributed by atoms with Gasteiger partial charge in [0.25, 0.3) is 0 Å². The molecule has 4 heteroatoms. The summed E-state index contributed by atoms with van der Waals surface area (Å²) in [5.74, 6) is 11.5. The van der Waals surface area contributed by atoms with Crippen molar-refractivity contribution in [3.05, 3.63) is 143 Å². The van der Waals surface area contributed by atoms with Gasteiger partial charge in [-0.1, -0.05) is 96.5 Å². The van der Waals surface area contributed by atoms with E-state index >= 15 is 0 Å². The van der Waals surface area contributed by atoms with Gasteiger partial charge in [-0.25, -0.2) is 0 Å². The molecule has 4 nitrogen and oxygen atoms in total. The first kappa shape index (κ1) is 29.4. The van der Waals surface area contributed by atoms with E-state index in [0.717, 1.165) is 55.0 Å². The smallest absolute Gasteiger partial charge is 0.0838 e. The number of rotatable bonds is 6. The van der Waals surface area contributed by atoms with Gasteiger partial charge in [-0.3, -0.25) is 0 Å². The minimum absolute atomic E-state index is 0.202. The molecule has 0 saturated heterocycles. The Hall–Kier alpha value is -6.72. The van der Waals surface area contributed by atoms with E-state index in [9.17, 15) is 0 Å². The Balaban J connectivity index is 1.53. The zero-order valence-corrected chi connectivity index (χ0v) is 27.5. The fourth-order valence-corrected chi connectivity index (χ4v) is 8.78. The van der Waals surface area contributed by atoms with E-state index in [2.05, 4.69) is 151 Å². The number of hydrogen-bond donors (Lipinski definition) is 0. The van der Waals surface area contributed by atoms with Crippen molar-refractivity contribution in [2.75, 3.05) is 0 Å². The number of nitrogens with zero attached hydrogens (tertiary/aromatic N) is 4. The molecule has 0 bridgehead atoms. The first-order valence-corrected chi connectivity index (χ1v) is 16.8. The Kier molecular flexibility index (Phi) is 6.74. The normalized spacial score (nSPS) is 15.0. The number of benzene rings is 4. The Morgan fingerprint density at radius 2 is 0.760 bits per heavy atom. The number of fused-ring (bicyclic) bond motifs is 8. The number of para-hydroxylation sites is 4. The number of aromatic nitrogens is 4. The third kappa shape index (κ3) is 4.01. The second kappa shape index (κ2) is 11.5. The van der Waals surface area contributed by atoms with Gasteiger partial charge < -0.3 is 18.3 Å². The third-order valence-corrected chi connectivity index (χ3v) is 10.5. The lowest BCUT2D eigenvalue weighted by molar-refractivity contribution is 0.642. The average Bonchev–Trinajstić information content (AvgIpc) is 3.88. The largest absolute Gasteiger partial charge is 0.332 e. The summed E-state index contributed by atoms with van der Waals surface area (Å²) in [7, 11) is 0. The van der Waals surface area contributed by atoms with Crippen LogP contribution < -0.4 is 0 Å². The van der Waals surface area contributed by atoms with Crippen LogP contribution in [0, 0.1) is 49.4 Å². The maximum Gasteiger partial charge on any atom is 0.0838 e. The molecule has 50 heavy (non-hydrogen) atoms. The Morgan fingerprint density at radius 1 is 0.420 bits per heavy atom. The maximum atomic E-state index is 6.20. The summed E-state index contributed by atoms with van der Waals surface area (Å²) in [5.41, 5.74) is 11.4. The van der Waals surface area contributed by atoms with Crippen LogP contribution in [-0.2, 0) is 26.2 Å². The molecule has 0 aliphatic heterocycles. The number of terminal acetylenes is 4. The van der Waals surface area contributed by atoms with Gasteiger partial charge in [-0.2, -0.15) is 0 Å². The molecule has 0 saturated carbocycles. The molecule has 0 radical (unpaired) electrons. The molecule has 8 aromatic rings. The van der Waals surface area contributed by atoms with Crippen molar-refractivity contribution >= 4 is 43.6 Å². The SMILES string of the molecule is C#CCn1c(C2c3c(n(CC#C)c4ccccc34)C(c3cc4ccccc4n3CC#C)c3c2n(CC#C)c2ccccc32)cc2ccccc21. The minimum Gasteiger partial charge on any atom is -0.332 e. The molecule has 4 aromatic heterocycles. The molecule has 9 rings (SSSR count). The van der Waals surface area contributed by atoms with Gasteiger partial charge in [-0.15, -0.1) is 25.7 Å². The van der Waals surface area contributed by atoms with Crippen LogP contribution in [0.5, 0.6) is 0 Å². The van der Waals surface area contributed by atoms with Crippen LogP contribution in [-0.4, -0.2) is 18.3 Å². The lowest BCUT2D eigenvalue weighted by Crippen LogP contribution is -2.26. The van der Waals surface area contributed by atoms with Crippen LogP contribution in [0.15, 0.2) is 109 Å². The van der Waals surface area contributed by atoms with E-state index in [0.29, 0.717) is 26.2 Å². The maximum absolute atomic E-state index is 6.20. The Labute approximate surface area is 291 Å². The van der Waals surface area contributed by atoms with Crippen LogP contribution in [0.25, 0.3) is 43.6 Å². The molecule has 1 aliphatic rings. The zero-order chi connectivity index (χ0) is 33.9. The highest BCUT2D eigenvalue weighted by atomic mass is 15.1. The topological polar surface area (TPSA) is 19.7 Å². The van der Waals surface area contributed by atoms with Crippen molar-refractivity contribution in [3.8, 4) is 49.4 Å². The summed E-state index contributed by atoms with van der Waals surface area (Å²) in [6, 6.07) is 38.8. The summed E-state index contributed by atoms with van der Waals surface area (Å²) < 4.78 is 9.30. The van der Waals surface area contributed by atoms with E-state index in [1.807, 2.05) is 0 Å². The molecule has 0 amide bonds. The Bertz CT molecular complexity index is 2640. The van der Waals surface area contributed by atoms with Crippen molar-refractivity contribution < 1.29 is 0 Å². The molecule has 236 valence electrons. The summed E-state index contributed by atoms with van der Waals surface area (Å²) in [6.45, 7) is 1.70. The predicted octanol–water partition coefficient (Wildman–Crippen LogP) is 8.71. The molecule has 2 atom stereocenters. The molecular weight excluding hydrogens is 609 g/mol. The van der Waals surface area contributed by atoms with Crippen LogP contribution >= 0.6 is 0 Å². The van der Waals surface area contributed by atoms with E-state index < -0.39 is 0 Å². The van der Waals surface area contributed by atoms with Crippen LogP contribution in [0.4, 0.5) is 0 Å². The fraction of sp³-hybridized carbons (Fsp3) is 0.130. The van der Waals surface area contributed by atoms with Crippen LogP contribution in [0.3, 0.4) is 0 Å². The molecule has 0 N–H and O–H groups in total. The van der Waals surface area contributed by atoms with Crippen molar-refractivity contribution in [1.82, 2.24) is 18.3 Å². The van der Waals surface area contributed by atoms with Gasteiger partial charge in [0.1, 0.15) is 0 Å². The lowest BCUT2D eigenvalue weighted by Gasteiger charge is -2.34. The lowest BCUT2D eigenvalue weighted by atomic mass is 9.74. The molecule has 4 aromatic carbocycles. The van der Waals surface area contributed by atoms with Crippen molar-refractivity contribution in [3.63, 3.8) is 0 Å². The van der Waals surface area contributed by atoms with Gasteiger partial charge in [0, 0.05) is 55.6 Å². The third-order valence-electron chi connectivity index (χ3n) is 10.5. The average molecular weight is 641 g/mol. The first-order valence-electron chi connectivity index (χ1n) is 16.8. The van der Waals surface area contributed by atoms with E-state index in [-0.39, 0.29) is 11.8 Å². The molecule has 2 unspecified atom stereocenters. The Morgan fingerprint density at radius 3 is 1.16 bits per heavy atom. The summed E-state index contributed by atoms with van der Waals surface area (Å²) in [4.78, 5) is 0. The standard InChI is InChI=1S/C46H32N4/c1-5-25-47-35-21-13-9-17-31(35)29-39(47)43-41-33-19-11-15-23-37(33)50(28-8-4)46(41)44(40-30-32-18-10-14-22-36(32)48(40)26-6-2)42-34-20-12-16-24-38(34)49(27-7-3)45(42)43/h1-4,9-24,29-30,43-44H,25-28H2. The van der Waals surface area contributed by atoms with Crippen molar-refractivity contribution in [1.29, 1.82) is 0 Å². The summed E-state index contributed by atoms with van der Waals surface area (Å²) in [5, 5.41) is 4.61. The second-order valence-electron chi connectivity index (χ2n) is 12.9. The summed E-state index contributed by atoms with van der Waals surface area (Å²) in [6.07, 6.45) is 24.6. The van der Waals surface area contributed by atoms with Gasteiger partial charge in [0.2, 0.25) is 0 Å². The van der Waals surface area contributed by atoms with Crippen LogP contribution in [0.2, 0.25) is 0 Å². The number of hydrogen-bond acceptors (Lipinski definition) is 0. The van der Waals surface area contributed by atoms with Crippen molar-refractivity contribution in [2.45, 2.75) is 38.0 Å². The second-order valence-corrected chi connectivity index (χ2v) is 12.9. The van der Waals surface area contributed by atoms with Crippen LogP contribution in [0.1, 0.15) is 45.7 Å². The minimum atomic E-state index is -0.202. The van der Waals surface area contributed by atoms with E-state index in [4.69, 9.17) is 25.7 Å². The first-order chi connectivity index (χ1) is 24.7. The zero-order valence-electron chi connectivity index (χ0n) is 27.5. The van der Waals surface area contributed by atoms with Gasteiger partial charge in [0.15, 0.2) is 0 Å². The monoisotopic (exact) mass is 640 g/mol. The highest BCUT2D eigenvalue weighted by molar-refractivity contribution is 5.95. The quantitative estimate of drug-likeness (QED) is 0.162. The highest BCUT2D eigenvalue weighted by Crippen LogP contribution is 2.56. The highest BCUT2D eigenvalue weighted by Gasteiger charge is 2.44. The fourth-order valence-electron chi connectivity index (χ4n) is 8.78. The molecule has 1 aliphatic carbocycles. The predicted molar refractivity (Wildman–Crippen MR) is 205 cm³/mol. The van der Waals surface area contributed by atoms with Gasteiger partial charge >= 0.3 is 0 Å². The molecule has 0 fully saturated rings. The molecule has 4 heterocycles. The van der Waals surface area contributed by atoms with E-state index in [1.54, 1.807) is 0 Å². The molecular formula is C46H32N4. The van der Waals surface area contributed by atoms with E-state index in [1.165, 1.54) is 22.5 Å².